The van der Waals surface area contributed by atoms with Crippen molar-refractivity contribution in [2.75, 3.05) is 0 Å². The summed E-state index contributed by atoms with van der Waals surface area (Å²) in [6.45, 7) is 0.316. The van der Waals surface area contributed by atoms with Gasteiger partial charge in [-0.1, -0.05) is 24.3 Å². The Balaban J connectivity index is 2.02. The van der Waals surface area contributed by atoms with Crippen molar-refractivity contribution in [3.8, 4) is 11.5 Å². The molecule has 2 aromatic carbocycles. The second-order valence-corrected chi connectivity index (χ2v) is 3.82. The first-order valence-corrected chi connectivity index (χ1v) is 5.46. The zero-order chi connectivity index (χ0) is 13.0. The highest BCUT2D eigenvalue weighted by Gasteiger charge is 2.02. The number of rotatable bonds is 4. The van der Waals surface area contributed by atoms with Crippen LogP contribution in [0, 0.1) is 0 Å². The largest absolute Gasteiger partial charge is 0.504 e. The van der Waals surface area contributed by atoms with E-state index in [0.717, 1.165) is 5.56 Å². The first-order valence-electron chi connectivity index (χ1n) is 5.46. The highest BCUT2D eigenvalue weighted by molar-refractivity contribution is 5.92. The lowest BCUT2D eigenvalue weighted by Gasteiger charge is -2.07. The van der Waals surface area contributed by atoms with Gasteiger partial charge < -0.3 is 15.6 Å². The van der Waals surface area contributed by atoms with Gasteiger partial charge in [-0.3, -0.25) is 4.79 Å². The number of aromatic hydroxyl groups is 1. The molecule has 0 radical (unpaired) electrons. The average Bonchev–Trinajstić information content (AvgIpc) is 2.38. The molecule has 92 valence electrons. The number of hydrogen-bond acceptors (Lipinski definition) is 3. The summed E-state index contributed by atoms with van der Waals surface area (Å²) in [5.41, 5.74) is 6.50. The molecule has 18 heavy (non-hydrogen) atoms. The molecule has 2 rings (SSSR count). The van der Waals surface area contributed by atoms with Crippen LogP contribution in [0.1, 0.15) is 15.9 Å². The summed E-state index contributed by atoms with van der Waals surface area (Å²) in [6, 6.07) is 13.6. The third kappa shape index (κ3) is 2.79. The summed E-state index contributed by atoms with van der Waals surface area (Å²) in [4.78, 5) is 10.9. The van der Waals surface area contributed by atoms with Gasteiger partial charge in [-0.25, -0.2) is 0 Å². The number of para-hydroxylation sites is 2. The molecule has 4 heteroatoms. The fraction of sp³-hybridized carbons (Fsp3) is 0.0714. The maximum Gasteiger partial charge on any atom is 0.248 e. The standard InChI is InChI=1S/C14H13NO3/c15-14(17)11-7-5-10(6-8-11)9-18-13-4-2-1-3-12(13)16/h1-8,16H,9H2,(H2,15,17). The lowest BCUT2D eigenvalue weighted by Crippen LogP contribution is -2.10. The molecular formula is C14H13NO3. The third-order valence-electron chi connectivity index (χ3n) is 2.50. The number of amides is 1. The number of nitrogens with two attached hydrogens (primary N) is 1. The molecule has 0 fully saturated rings. The van der Waals surface area contributed by atoms with Gasteiger partial charge in [0, 0.05) is 5.56 Å². The van der Waals surface area contributed by atoms with Crippen LogP contribution >= 0.6 is 0 Å². The molecule has 0 aromatic heterocycles. The second-order valence-electron chi connectivity index (χ2n) is 3.82. The van der Waals surface area contributed by atoms with Crippen LogP contribution < -0.4 is 10.5 Å². The number of phenols is 1. The van der Waals surface area contributed by atoms with E-state index >= 15 is 0 Å². The monoisotopic (exact) mass is 243 g/mol. The van der Waals surface area contributed by atoms with Crippen molar-refractivity contribution >= 4 is 5.91 Å². The molecule has 4 nitrogen and oxygen atoms in total. The molecule has 0 atom stereocenters. The molecular weight excluding hydrogens is 230 g/mol. The molecule has 0 heterocycles. The van der Waals surface area contributed by atoms with Gasteiger partial charge in [0.1, 0.15) is 6.61 Å². The van der Waals surface area contributed by atoms with Gasteiger partial charge in [0.2, 0.25) is 5.91 Å². The number of primary amides is 1. The summed E-state index contributed by atoms with van der Waals surface area (Å²) >= 11 is 0. The number of ether oxygens (including phenoxy) is 1. The number of phenolic OH excluding ortho intramolecular Hbond substituents is 1. The molecule has 2 aromatic rings. The predicted octanol–water partition coefficient (Wildman–Crippen LogP) is 2.07. The minimum absolute atomic E-state index is 0.103. The van der Waals surface area contributed by atoms with Crippen molar-refractivity contribution in [2.24, 2.45) is 5.73 Å². The zero-order valence-corrected chi connectivity index (χ0v) is 9.67. The summed E-state index contributed by atoms with van der Waals surface area (Å²) in [7, 11) is 0. The summed E-state index contributed by atoms with van der Waals surface area (Å²) in [5.74, 6) is 0.0749. The van der Waals surface area contributed by atoms with Crippen molar-refractivity contribution in [3.63, 3.8) is 0 Å². The predicted molar refractivity (Wildman–Crippen MR) is 67.4 cm³/mol. The average molecular weight is 243 g/mol. The van der Waals surface area contributed by atoms with Crippen LogP contribution in [0.15, 0.2) is 48.5 Å². The zero-order valence-electron chi connectivity index (χ0n) is 9.67. The van der Waals surface area contributed by atoms with E-state index in [-0.39, 0.29) is 5.75 Å². The molecule has 0 saturated carbocycles. The number of hydrogen-bond donors (Lipinski definition) is 2. The summed E-state index contributed by atoms with van der Waals surface area (Å²) < 4.78 is 5.46. The van der Waals surface area contributed by atoms with Gasteiger partial charge in [0.05, 0.1) is 0 Å². The minimum Gasteiger partial charge on any atom is -0.504 e. The van der Waals surface area contributed by atoms with Gasteiger partial charge >= 0.3 is 0 Å². The van der Waals surface area contributed by atoms with E-state index in [2.05, 4.69) is 0 Å². The highest BCUT2D eigenvalue weighted by atomic mass is 16.5. The SMILES string of the molecule is NC(=O)c1ccc(COc2ccccc2O)cc1. The van der Waals surface area contributed by atoms with Crippen LogP contribution in [0.25, 0.3) is 0 Å². The van der Waals surface area contributed by atoms with E-state index in [9.17, 15) is 9.90 Å². The Kier molecular flexibility index (Phi) is 3.48. The Bertz CT molecular complexity index is 549. The highest BCUT2D eigenvalue weighted by Crippen LogP contribution is 2.25. The molecule has 3 N–H and O–H groups in total. The molecule has 0 aliphatic heterocycles. The fourth-order valence-corrected chi connectivity index (χ4v) is 1.51. The Morgan fingerprint density at radius 1 is 1.11 bits per heavy atom. The van der Waals surface area contributed by atoms with Crippen molar-refractivity contribution in [1.29, 1.82) is 0 Å². The topological polar surface area (TPSA) is 72.6 Å². The van der Waals surface area contributed by atoms with Gasteiger partial charge in [-0.2, -0.15) is 0 Å². The van der Waals surface area contributed by atoms with Crippen LogP contribution in [0.5, 0.6) is 11.5 Å². The second kappa shape index (κ2) is 5.23. The van der Waals surface area contributed by atoms with E-state index in [0.29, 0.717) is 17.9 Å². The maximum atomic E-state index is 10.9. The van der Waals surface area contributed by atoms with Crippen LogP contribution in [0.4, 0.5) is 0 Å². The Morgan fingerprint density at radius 2 is 1.78 bits per heavy atom. The van der Waals surface area contributed by atoms with E-state index in [1.165, 1.54) is 0 Å². The fourth-order valence-electron chi connectivity index (χ4n) is 1.51. The summed E-state index contributed by atoms with van der Waals surface area (Å²) in [6.07, 6.45) is 0. The van der Waals surface area contributed by atoms with Crippen LogP contribution in [-0.2, 0) is 6.61 Å². The van der Waals surface area contributed by atoms with Gasteiger partial charge in [-0.05, 0) is 29.8 Å². The lowest BCUT2D eigenvalue weighted by molar-refractivity contribution is 0.1000. The molecule has 0 unspecified atom stereocenters. The van der Waals surface area contributed by atoms with E-state index < -0.39 is 5.91 Å². The molecule has 0 aliphatic carbocycles. The van der Waals surface area contributed by atoms with Gasteiger partial charge in [0.25, 0.3) is 0 Å². The van der Waals surface area contributed by atoms with E-state index in [1.807, 2.05) is 0 Å². The van der Waals surface area contributed by atoms with Crippen LogP contribution in [0.3, 0.4) is 0 Å². The smallest absolute Gasteiger partial charge is 0.248 e. The number of benzene rings is 2. The summed E-state index contributed by atoms with van der Waals surface area (Å²) in [5, 5.41) is 9.52. The molecule has 0 saturated heterocycles. The quantitative estimate of drug-likeness (QED) is 0.863. The number of carbonyl (C=O) groups excluding carboxylic acids is 1. The van der Waals surface area contributed by atoms with Crippen LogP contribution in [0.2, 0.25) is 0 Å². The van der Waals surface area contributed by atoms with Gasteiger partial charge in [-0.15, -0.1) is 0 Å². The Morgan fingerprint density at radius 3 is 2.39 bits per heavy atom. The van der Waals surface area contributed by atoms with Gasteiger partial charge in [0.15, 0.2) is 11.5 Å². The minimum atomic E-state index is -0.455. The Labute approximate surface area is 105 Å². The van der Waals surface area contributed by atoms with E-state index in [1.54, 1.807) is 48.5 Å². The lowest BCUT2D eigenvalue weighted by atomic mass is 10.1. The Hall–Kier alpha value is -2.49. The normalized spacial score (nSPS) is 10.0. The van der Waals surface area contributed by atoms with Crippen molar-refractivity contribution in [2.45, 2.75) is 6.61 Å². The third-order valence-corrected chi connectivity index (χ3v) is 2.50. The first-order chi connectivity index (χ1) is 8.66. The molecule has 1 amide bonds. The van der Waals surface area contributed by atoms with Crippen molar-refractivity contribution in [1.82, 2.24) is 0 Å². The first kappa shape index (κ1) is 12.0. The molecule has 0 spiro atoms. The molecule has 0 bridgehead atoms. The van der Waals surface area contributed by atoms with E-state index in [4.69, 9.17) is 10.5 Å². The van der Waals surface area contributed by atoms with Crippen LogP contribution in [-0.4, -0.2) is 11.0 Å². The maximum absolute atomic E-state index is 10.9. The number of carbonyl (C=O) groups is 1. The van der Waals surface area contributed by atoms with Crippen molar-refractivity contribution < 1.29 is 14.6 Å². The molecule has 0 aliphatic rings. The van der Waals surface area contributed by atoms with Crippen molar-refractivity contribution in [3.05, 3.63) is 59.7 Å².